The average molecular weight is 245 g/mol. The van der Waals surface area contributed by atoms with E-state index in [0.717, 1.165) is 24.9 Å². The van der Waals surface area contributed by atoms with Crippen LogP contribution >= 0.6 is 0 Å². The molecule has 18 heavy (non-hydrogen) atoms. The third-order valence-corrected chi connectivity index (χ3v) is 3.59. The van der Waals surface area contributed by atoms with Crippen LogP contribution in [-0.4, -0.2) is 17.8 Å². The number of hydrogen-bond acceptors (Lipinski definition) is 4. The number of aliphatic hydroxyl groups excluding tert-OH is 1. The summed E-state index contributed by atoms with van der Waals surface area (Å²) in [4.78, 5) is 0. The Hall–Kier alpha value is -1.73. The molecule has 0 heterocycles. The van der Waals surface area contributed by atoms with Crippen molar-refractivity contribution >= 4 is 11.4 Å². The Labute approximate surface area is 107 Å². The zero-order valence-electron chi connectivity index (χ0n) is 10.4. The molecule has 0 aromatic heterocycles. The van der Waals surface area contributed by atoms with Crippen LogP contribution in [0.4, 0.5) is 11.4 Å². The minimum Gasteiger partial charge on any atom is -0.399 e. The van der Waals surface area contributed by atoms with Crippen LogP contribution in [0.5, 0.6) is 0 Å². The van der Waals surface area contributed by atoms with E-state index in [2.05, 4.69) is 11.4 Å². The highest BCUT2D eigenvalue weighted by Crippen LogP contribution is 2.25. The normalized spacial score (nSPS) is 23.3. The van der Waals surface area contributed by atoms with Gasteiger partial charge in [-0.15, -0.1) is 0 Å². The van der Waals surface area contributed by atoms with Crippen LogP contribution in [0.25, 0.3) is 0 Å². The average Bonchev–Trinajstić information content (AvgIpc) is 2.39. The minimum absolute atomic E-state index is 0.217. The Kier molecular flexibility index (Phi) is 4.06. The summed E-state index contributed by atoms with van der Waals surface area (Å²) in [6.07, 6.45) is 4.01. The van der Waals surface area contributed by atoms with Crippen LogP contribution in [0.2, 0.25) is 0 Å². The SMILES string of the molecule is N#Cc1cc(N)ccc1NCC1CCCCC1O. The van der Waals surface area contributed by atoms with Crippen LogP contribution in [0.3, 0.4) is 0 Å². The molecule has 4 heteroatoms. The lowest BCUT2D eigenvalue weighted by Crippen LogP contribution is -2.30. The Morgan fingerprint density at radius 1 is 1.39 bits per heavy atom. The van der Waals surface area contributed by atoms with E-state index in [0.29, 0.717) is 17.8 Å². The number of benzene rings is 1. The number of nitriles is 1. The fourth-order valence-corrected chi connectivity index (χ4v) is 2.48. The molecule has 96 valence electrons. The minimum atomic E-state index is -0.217. The largest absolute Gasteiger partial charge is 0.399 e. The third kappa shape index (κ3) is 2.93. The first kappa shape index (κ1) is 12.7. The first-order valence-corrected chi connectivity index (χ1v) is 6.42. The molecule has 1 fully saturated rings. The molecule has 4 nitrogen and oxygen atoms in total. The van der Waals surface area contributed by atoms with Crippen molar-refractivity contribution in [2.45, 2.75) is 31.8 Å². The topological polar surface area (TPSA) is 82.1 Å². The van der Waals surface area contributed by atoms with Crippen molar-refractivity contribution in [1.82, 2.24) is 0 Å². The molecule has 0 aliphatic heterocycles. The van der Waals surface area contributed by atoms with Gasteiger partial charge in [0.25, 0.3) is 0 Å². The van der Waals surface area contributed by atoms with Gasteiger partial charge in [-0.05, 0) is 31.0 Å². The highest BCUT2D eigenvalue weighted by molar-refractivity contribution is 5.62. The summed E-state index contributed by atoms with van der Waals surface area (Å²) in [6.45, 7) is 0.708. The summed E-state index contributed by atoms with van der Waals surface area (Å²) in [5, 5.41) is 22.2. The van der Waals surface area contributed by atoms with E-state index in [-0.39, 0.29) is 12.0 Å². The molecule has 0 spiro atoms. The van der Waals surface area contributed by atoms with Gasteiger partial charge in [0.2, 0.25) is 0 Å². The molecule has 1 aromatic carbocycles. The molecule has 0 bridgehead atoms. The molecule has 1 aliphatic carbocycles. The van der Waals surface area contributed by atoms with Crippen molar-refractivity contribution in [2.24, 2.45) is 5.92 Å². The van der Waals surface area contributed by atoms with E-state index in [9.17, 15) is 5.11 Å². The monoisotopic (exact) mass is 245 g/mol. The molecule has 1 aliphatic rings. The second-order valence-corrected chi connectivity index (χ2v) is 4.91. The van der Waals surface area contributed by atoms with Gasteiger partial charge >= 0.3 is 0 Å². The first-order chi connectivity index (χ1) is 8.70. The fourth-order valence-electron chi connectivity index (χ4n) is 2.48. The van der Waals surface area contributed by atoms with Gasteiger partial charge in [-0.2, -0.15) is 5.26 Å². The van der Waals surface area contributed by atoms with Gasteiger partial charge in [0, 0.05) is 18.2 Å². The van der Waals surface area contributed by atoms with Crippen molar-refractivity contribution in [1.29, 1.82) is 5.26 Å². The van der Waals surface area contributed by atoms with Crippen LogP contribution in [0, 0.1) is 17.2 Å². The summed E-state index contributed by atoms with van der Waals surface area (Å²) in [6, 6.07) is 7.40. The highest BCUT2D eigenvalue weighted by atomic mass is 16.3. The highest BCUT2D eigenvalue weighted by Gasteiger charge is 2.22. The molecule has 2 unspecified atom stereocenters. The van der Waals surface area contributed by atoms with Crippen molar-refractivity contribution in [3.63, 3.8) is 0 Å². The van der Waals surface area contributed by atoms with E-state index in [1.165, 1.54) is 6.42 Å². The Balaban J connectivity index is 1.99. The third-order valence-electron chi connectivity index (χ3n) is 3.59. The molecular weight excluding hydrogens is 226 g/mol. The number of nitrogen functional groups attached to an aromatic ring is 1. The van der Waals surface area contributed by atoms with E-state index in [4.69, 9.17) is 11.0 Å². The molecule has 0 saturated heterocycles. The summed E-state index contributed by atoms with van der Waals surface area (Å²) in [7, 11) is 0. The number of hydrogen-bond donors (Lipinski definition) is 3. The fraction of sp³-hybridized carbons (Fsp3) is 0.500. The van der Waals surface area contributed by atoms with Gasteiger partial charge in [-0.3, -0.25) is 0 Å². The van der Waals surface area contributed by atoms with E-state index >= 15 is 0 Å². The molecule has 1 saturated carbocycles. The smallest absolute Gasteiger partial charge is 0.101 e. The molecule has 4 N–H and O–H groups in total. The number of anilines is 2. The summed E-state index contributed by atoms with van der Waals surface area (Å²) >= 11 is 0. The zero-order valence-corrected chi connectivity index (χ0v) is 10.4. The molecule has 0 amide bonds. The lowest BCUT2D eigenvalue weighted by molar-refractivity contribution is 0.0763. The van der Waals surface area contributed by atoms with Gasteiger partial charge in [0.15, 0.2) is 0 Å². The summed E-state index contributed by atoms with van der Waals surface area (Å²) < 4.78 is 0. The van der Waals surface area contributed by atoms with Gasteiger partial charge in [-0.1, -0.05) is 12.8 Å². The Morgan fingerprint density at radius 3 is 2.89 bits per heavy atom. The quantitative estimate of drug-likeness (QED) is 0.712. The van der Waals surface area contributed by atoms with E-state index in [1.807, 2.05) is 6.07 Å². The van der Waals surface area contributed by atoms with E-state index in [1.54, 1.807) is 12.1 Å². The van der Waals surface area contributed by atoms with Crippen molar-refractivity contribution in [3.8, 4) is 6.07 Å². The summed E-state index contributed by atoms with van der Waals surface area (Å²) in [5.74, 6) is 0.280. The lowest BCUT2D eigenvalue weighted by atomic mass is 9.86. The molecule has 2 atom stereocenters. The molecule has 1 aromatic rings. The maximum atomic E-state index is 9.89. The second-order valence-electron chi connectivity index (χ2n) is 4.91. The molecular formula is C14H19N3O. The first-order valence-electron chi connectivity index (χ1n) is 6.42. The summed E-state index contributed by atoms with van der Waals surface area (Å²) in [5.41, 5.74) is 7.59. The Morgan fingerprint density at radius 2 is 2.17 bits per heavy atom. The standard InChI is InChI=1S/C14H19N3O/c15-8-11-7-12(16)5-6-13(11)17-9-10-3-1-2-4-14(10)18/h5-7,10,14,17-18H,1-4,9,16H2. The number of rotatable bonds is 3. The predicted molar refractivity (Wildman–Crippen MR) is 72.0 cm³/mol. The van der Waals surface area contributed by atoms with Crippen molar-refractivity contribution < 1.29 is 5.11 Å². The van der Waals surface area contributed by atoms with Crippen LogP contribution < -0.4 is 11.1 Å². The van der Waals surface area contributed by atoms with Gasteiger partial charge < -0.3 is 16.2 Å². The zero-order chi connectivity index (χ0) is 13.0. The maximum Gasteiger partial charge on any atom is 0.101 e. The van der Waals surface area contributed by atoms with Crippen molar-refractivity contribution in [2.75, 3.05) is 17.6 Å². The van der Waals surface area contributed by atoms with Crippen LogP contribution in [0.1, 0.15) is 31.2 Å². The lowest BCUT2D eigenvalue weighted by Gasteiger charge is -2.28. The molecule has 2 rings (SSSR count). The van der Waals surface area contributed by atoms with Gasteiger partial charge in [-0.25, -0.2) is 0 Å². The number of aliphatic hydroxyl groups is 1. The molecule has 0 radical (unpaired) electrons. The predicted octanol–water partition coefficient (Wildman–Crippen LogP) is 2.10. The number of nitrogens with two attached hydrogens (primary N) is 1. The van der Waals surface area contributed by atoms with Crippen LogP contribution in [0.15, 0.2) is 18.2 Å². The number of nitrogens with zero attached hydrogens (tertiary/aromatic N) is 1. The second kappa shape index (κ2) is 5.74. The maximum absolute atomic E-state index is 9.89. The van der Waals surface area contributed by atoms with Gasteiger partial charge in [0.05, 0.1) is 17.4 Å². The van der Waals surface area contributed by atoms with E-state index < -0.39 is 0 Å². The van der Waals surface area contributed by atoms with Crippen LogP contribution in [-0.2, 0) is 0 Å². The Bertz CT molecular complexity index is 453. The van der Waals surface area contributed by atoms with Crippen molar-refractivity contribution in [3.05, 3.63) is 23.8 Å². The number of nitrogens with one attached hydrogen (secondary N) is 1. The van der Waals surface area contributed by atoms with Gasteiger partial charge in [0.1, 0.15) is 6.07 Å².